The Morgan fingerprint density at radius 2 is 1.64 bits per heavy atom. The summed E-state index contributed by atoms with van der Waals surface area (Å²) >= 11 is 6.48. The molecule has 4 fully saturated rings. The molecule has 8 nitrogen and oxygen atoms in total. The predicted octanol–water partition coefficient (Wildman–Crippen LogP) is 7.42. The van der Waals surface area contributed by atoms with Crippen molar-refractivity contribution < 1.29 is 13.9 Å². The summed E-state index contributed by atoms with van der Waals surface area (Å²) in [6, 6.07) is 6.19. The van der Waals surface area contributed by atoms with Crippen molar-refractivity contribution in [1.29, 1.82) is 0 Å². The molecule has 9 rings (SSSR count). The minimum absolute atomic E-state index is 0.0437. The maximum atomic E-state index is 17.6. The first-order valence-corrected chi connectivity index (χ1v) is 17.0. The zero-order valence-corrected chi connectivity index (χ0v) is 26.6. The SMILES string of the molecule is C[C@@H]1CC2CCC(CC1c1nc(=O)n(-c3c(C4CC4)ncnc3C3CC3)c3c(F)c(-c4cc(O)cc5ccc(F)c(Cl)c45)ncc13)N2. The number of aromatic nitrogens is 5. The molecular formula is C36H33ClF2N6O2. The third kappa shape index (κ3) is 4.74. The Hall–Kier alpha value is -4.02. The van der Waals surface area contributed by atoms with Crippen LogP contribution in [0.15, 0.2) is 41.6 Å². The number of nitrogens with zero attached hydrogens (tertiary/aromatic N) is 5. The lowest BCUT2D eigenvalue weighted by Gasteiger charge is -2.27. The maximum Gasteiger partial charge on any atom is 0.353 e. The van der Waals surface area contributed by atoms with Gasteiger partial charge >= 0.3 is 5.69 Å². The van der Waals surface area contributed by atoms with Gasteiger partial charge in [0.15, 0.2) is 5.82 Å². The first-order valence-electron chi connectivity index (χ1n) is 16.6. The Bertz CT molecular complexity index is 2150. The van der Waals surface area contributed by atoms with Gasteiger partial charge in [-0.25, -0.2) is 23.5 Å². The smallest absolute Gasteiger partial charge is 0.353 e. The Labute approximate surface area is 274 Å². The summed E-state index contributed by atoms with van der Waals surface area (Å²) in [5, 5.41) is 15.3. The van der Waals surface area contributed by atoms with E-state index in [9.17, 15) is 14.3 Å². The highest BCUT2D eigenvalue weighted by Crippen LogP contribution is 2.49. The average molecular weight is 655 g/mol. The molecular weight excluding hydrogens is 622 g/mol. The van der Waals surface area contributed by atoms with Crippen LogP contribution in [-0.2, 0) is 0 Å². The molecule has 2 saturated carbocycles. The summed E-state index contributed by atoms with van der Waals surface area (Å²) in [5.74, 6) is -1.18. The summed E-state index contributed by atoms with van der Waals surface area (Å²) in [7, 11) is 0. The van der Waals surface area contributed by atoms with E-state index < -0.39 is 17.3 Å². The van der Waals surface area contributed by atoms with E-state index >= 15 is 4.39 Å². The van der Waals surface area contributed by atoms with Crippen molar-refractivity contribution >= 4 is 33.3 Å². The van der Waals surface area contributed by atoms with Crippen LogP contribution in [0.25, 0.3) is 38.6 Å². The fraction of sp³-hybridized carbons (Fsp3) is 0.417. The highest BCUT2D eigenvalue weighted by Gasteiger charge is 2.39. The lowest BCUT2D eigenvalue weighted by Crippen LogP contribution is -2.30. The molecule has 2 bridgehead atoms. The Morgan fingerprint density at radius 3 is 2.34 bits per heavy atom. The summed E-state index contributed by atoms with van der Waals surface area (Å²) in [6.07, 6.45) is 10.7. The number of hydrogen-bond donors (Lipinski definition) is 2. The molecule has 2 N–H and O–H groups in total. The van der Waals surface area contributed by atoms with Crippen molar-refractivity contribution in [1.82, 2.24) is 29.8 Å². The number of fused-ring (bicyclic) bond motifs is 4. The number of halogens is 3. The molecule has 0 amide bonds. The van der Waals surface area contributed by atoms with Crippen LogP contribution in [0.4, 0.5) is 8.78 Å². The number of phenolic OH excluding ortho intramolecular Hbond substituents is 1. The second kappa shape index (κ2) is 10.8. The van der Waals surface area contributed by atoms with Crippen LogP contribution in [0, 0.1) is 17.6 Å². The van der Waals surface area contributed by atoms with Gasteiger partial charge < -0.3 is 10.4 Å². The van der Waals surface area contributed by atoms with Crippen LogP contribution in [0.3, 0.4) is 0 Å². The van der Waals surface area contributed by atoms with Crippen LogP contribution in [0.1, 0.15) is 93.1 Å². The van der Waals surface area contributed by atoms with Crippen molar-refractivity contribution in [2.24, 2.45) is 5.92 Å². The predicted molar refractivity (Wildman–Crippen MR) is 175 cm³/mol. The van der Waals surface area contributed by atoms with E-state index in [0.717, 1.165) is 62.8 Å². The van der Waals surface area contributed by atoms with Gasteiger partial charge in [0.25, 0.3) is 0 Å². The normalized spacial score (nSPS) is 24.3. The molecule has 0 spiro atoms. The molecule has 2 aliphatic heterocycles. The molecule has 5 heterocycles. The minimum Gasteiger partial charge on any atom is -0.508 e. The highest BCUT2D eigenvalue weighted by atomic mass is 35.5. The number of rotatable bonds is 5. The Balaban J connectivity index is 1.37. The van der Waals surface area contributed by atoms with Gasteiger partial charge in [-0.05, 0) is 80.9 Å². The summed E-state index contributed by atoms with van der Waals surface area (Å²) in [6.45, 7) is 2.18. The van der Waals surface area contributed by atoms with Crippen molar-refractivity contribution in [3.05, 3.63) is 81.0 Å². The van der Waals surface area contributed by atoms with E-state index in [0.29, 0.717) is 34.2 Å². The molecule has 2 aromatic carbocycles. The molecule has 3 aromatic heterocycles. The lowest BCUT2D eigenvalue weighted by atomic mass is 9.80. The molecule has 4 atom stereocenters. The Morgan fingerprint density at radius 1 is 0.936 bits per heavy atom. The zero-order chi connectivity index (χ0) is 32.1. The van der Waals surface area contributed by atoms with Gasteiger partial charge in [0.1, 0.15) is 23.6 Å². The second-order valence-corrected chi connectivity index (χ2v) is 14.4. The van der Waals surface area contributed by atoms with Gasteiger partial charge in [0, 0.05) is 52.4 Å². The van der Waals surface area contributed by atoms with E-state index in [1.165, 1.54) is 28.8 Å². The monoisotopic (exact) mass is 654 g/mol. The molecule has 2 aliphatic carbocycles. The summed E-state index contributed by atoms with van der Waals surface area (Å²) < 4.78 is 33.8. The molecule has 4 aliphatic rings. The lowest BCUT2D eigenvalue weighted by molar-refractivity contribution is 0.376. The average Bonchev–Trinajstić information content (AvgIpc) is 3.98. The van der Waals surface area contributed by atoms with E-state index in [1.54, 1.807) is 12.5 Å². The number of aromatic hydroxyl groups is 1. The quantitative estimate of drug-likeness (QED) is 0.203. The van der Waals surface area contributed by atoms with Crippen LogP contribution in [-0.4, -0.2) is 41.7 Å². The number of pyridine rings is 1. The zero-order valence-electron chi connectivity index (χ0n) is 25.8. The van der Waals surface area contributed by atoms with Gasteiger partial charge in [-0.1, -0.05) is 24.6 Å². The minimum atomic E-state index is -0.774. The maximum absolute atomic E-state index is 17.6. The summed E-state index contributed by atoms with van der Waals surface area (Å²) in [4.78, 5) is 33.2. The molecule has 240 valence electrons. The van der Waals surface area contributed by atoms with E-state index in [4.69, 9.17) is 16.6 Å². The van der Waals surface area contributed by atoms with Gasteiger partial charge in [0.2, 0.25) is 0 Å². The van der Waals surface area contributed by atoms with Crippen molar-refractivity contribution in [2.45, 2.75) is 88.1 Å². The topological polar surface area (TPSA) is 106 Å². The first-order chi connectivity index (χ1) is 22.8. The first kappa shape index (κ1) is 29.1. The Kier molecular flexibility index (Phi) is 6.67. The molecule has 5 aromatic rings. The number of hydrogen-bond acceptors (Lipinski definition) is 7. The number of benzene rings is 2. The fourth-order valence-corrected chi connectivity index (χ4v) is 8.47. The molecule has 2 saturated heterocycles. The van der Waals surface area contributed by atoms with Gasteiger partial charge in [-0.3, -0.25) is 9.55 Å². The third-order valence-electron chi connectivity index (χ3n) is 10.7. The number of nitrogens with one attached hydrogen (secondary N) is 1. The van der Waals surface area contributed by atoms with Crippen molar-refractivity contribution in [3.63, 3.8) is 0 Å². The van der Waals surface area contributed by atoms with Gasteiger partial charge in [-0.2, -0.15) is 4.98 Å². The van der Waals surface area contributed by atoms with Crippen molar-refractivity contribution in [2.75, 3.05) is 0 Å². The van der Waals surface area contributed by atoms with E-state index in [-0.39, 0.29) is 56.6 Å². The van der Waals surface area contributed by atoms with Crippen LogP contribution in [0.5, 0.6) is 5.75 Å². The molecule has 0 radical (unpaired) electrons. The van der Waals surface area contributed by atoms with Crippen LogP contribution in [0.2, 0.25) is 5.02 Å². The fourth-order valence-electron chi connectivity index (χ4n) is 8.19. The number of phenols is 1. The summed E-state index contributed by atoms with van der Waals surface area (Å²) in [5.41, 5.74) is 1.96. The van der Waals surface area contributed by atoms with Crippen LogP contribution >= 0.6 is 11.6 Å². The highest BCUT2D eigenvalue weighted by molar-refractivity contribution is 6.37. The second-order valence-electron chi connectivity index (χ2n) is 14.0. The largest absolute Gasteiger partial charge is 0.508 e. The van der Waals surface area contributed by atoms with Gasteiger partial charge in [-0.15, -0.1) is 0 Å². The van der Waals surface area contributed by atoms with Crippen LogP contribution < -0.4 is 11.0 Å². The van der Waals surface area contributed by atoms with Crippen molar-refractivity contribution in [3.8, 4) is 22.7 Å². The molecule has 47 heavy (non-hydrogen) atoms. The molecule has 3 unspecified atom stereocenters. The van der Waals surface area contributed by atoms with Gasteiger partial charge in [0.05, 0.1) is 33.3 Å². The van der Waals surface area contributed by atoms with E-state index in [2.05, 4.69) is 27.2 Å². The standard InChI is InChI=1S/C36H33ClF2N6O2/c1-16-10-20-7-8-21(43-20)12-23(16)32-25-14-40-33(24-13-22(46)11-19-6-9-26(38)28(37)27(19)24)29(39)34(25)45(36(47)44-32)35-30(17-2-3-17)41-15-42-31(35)18-4-5-18/h6,9,11,13-18,20-21,23,43,46H,2-5,7-8,10,12H2,1H3/t16-,20?,21?,23?/m1/s1. The molecule has 11 heteroatoms. The van der Waals surface area contributed by atoms with E-state index in [1.807, 2.05) is 0 Å². The third-order valence-corrected chi connectivity index (χ3v) is 11.1.